The molecule has 4 nitrogen and oxygen atoms in total. The van der Waals surface area contributed by atoms with Gasteiger partial charge in [0.2, 0.25) is 11.8 Å². The highest BCUT2D eigenvalue weighted by Gasteiger charge is 2.44. The molecule has 1 aromatic carbocycles. The third-order valence-electron chi connectivity index (χ3n) is 3.68. The lowest BCUT2D eigenvalue weighted by Gasteiger charge is -2.43. The molecule has 1 saturated heterocycles. The molecule has 102 valence electrons. The van der Waals surface area contributed by atoms with Gasteiger partial charge in [-0.05, 0) is 32.8 Å². The van der Waals surface area contributed by atoms with Crippen LogP contribution < -0.4 is 5.32 Å². The molecule has 2 rings (SSSR count). The zero-order chi connectivity index (χ0) is 14.0. The van der Waals surface area contributed by atoms with Crippen molar-refractivity contribution >= 4 is 11.8 Å². The van der Waals surface area contributed by atoms with E-state index >= 15 is 0 Å². The van der Waals surface area contributed by atoms with E-state index in [1.807, 2.05) is 30.3 Å². The molecule has 1 heterocycles. The van der Waals surface area contributed by atoms with E-state index in [4.69, 9.17) is 0 Å². The lowest BCUT2D eigenvalue weighted by molar-refractivity contribution is -0.154. The SMILES string of the molecule is CC1NC(=O)C(C)(C)N(CCc2ccccc2)C1=O. The van der Waals surface area contributed by atoms with Gasteiger partial charge in [-0.1, -0.05) is 30.3 Å². The van der Waals surface area contributed by atoms with Crippen molar-refractivity contribution in [3.63, 3.8) is 0 Å². The Balaban J connectivity index is 2.12. The maximum atomic E-state index is 12.2. The van der Waals surface area contributed by atoms with Crippen LogP contribution in [0.1, 0.15) is 26.3 Å². The number of nitrogens with zero attached hydrogens (tertiary/aromatic N) is 1. The fourth-order valence-corrected chi connectivity index (χ4v) is 2.34. The van der Waals surface area contributed by atoms with Crippen molar-refractivity contribution in [1.82, 2.24) is 10.2 Å². The molecule has 1 fully saturated rings. The van der Waals surface area contributed by atoms with Gasteiger partial charge < -0.3 is 10.2 Å². The third kappa shape index (κ3) is 2.62. The van der Waals surface area contributed by atoms with Gasteiger partial charge in [-0.3, -0.25) is 9.59 Å². The van der Waals surface area contributed by atoms with Gasteiger partial charge in [-0.15, -0.1) is 0 Å². The van der Waals surface area contributed by atoms with Crippen molar-refractivity contribution < 1.29 is 9.59 Å². The van der Waals surface area contributed by atoms with Gasteiger partial charge in [0.25, 0.3) is 0 Å². The van der Waals surface area contributed by atoms with Crippen LogP contribution in [-0.4, -0.2) is 34.8 Å². The minimum Gasteiger partial charge on any atom is -0.343 e. The molecule has 1 aromatic rings. The second-order valence-corrected chi connectivity index (χ2v) is 5.48. The Morgan fingerprint density at radius 3 is 2.47 bits per heavy atom. The van der Waals surface area contributed by atoms with Gasteiger partial charge in [0.05, 0.1) is 0 Å². The summed E-state index contributed by atoms with van der Waals surface area (Å²) in [7, 11) is 0. The summed E-state index contributed by atoms with van der Waals surface area (Å²) in [6, 6.07) is 9.56. The van der Waals surface area contributed by atoms with Crippen LogP contribution in [-0.2, 0) is 16.0 Å². The predicted octanol–water partition coefficient (Wildman–Crippen LogP) is 1.35. The molecular formula is C15H20N2O2. The average Bonchev–Trinajstić information content (AvgIpc) is 2.38. The lowest BCUT2D eigenvalue weighted by Crippen LogP contribution is -2.67. The zero-order valence-corrected chi connectivity index (χ0v) is 11.6. The second kappa shape index (κ2) is 5.03. The smallest absolute Gasteiger partial charge is 0.246 e. The number of carbonyl (C=O) groups is 2. The second-order valence-electron chi connectivity index (χ2n) is 5.48. The van der Waals surface area contributed by atoms with Crippen molar-refractivity contribution in [3.8, 4) is 0 Å². The van der Waals surface area contributed by atoms with Crippen LogP contribution >= 0.6 is 0 Å². The van der Waals surface area contributed by atoms with Crippen molar-refractivity contribution in [3.05, 3.63) is 35.9 Å². The van der Waals surface area contributed by atoms with E-state index in [-0.39, 0.29) is 11.8 Å². The Labute approximate surface area is 113 Å². The Bertz CT molecular complexity index is 482. The van der Waals surface area contributed by atoms with E-state index in [1.165, 1.54) is 5.56 Å². The van der Waals surface area contributed by atoms with Crippen LogP contribution in [0, 0.1) is 0 Å². The summed E-state index contributed by atoms with van der Waals surface area (Å²) in [5.41, 5.74) is 0.392. The Hall–Kier alpha value is -1.84. The number of rotatable bonds is 3. The normalized spacial score (nSPS) is 22.3. The van der Waals surface area contributed by atoms with E-state index in [0.717, 1.165) is 6.42 Å². The maximum Gasteiger partial charge on any atom is 0.246 e. The van der Waals surface area contributed by atoms with Crippen molar-refractivity contribution in [2.75, 3.05) is 6.54 Å². The standard InChI is InChI=1S/C15H20N2O2/c1-11-13(18)17(15(2,3)14(19)16-11)10-9-12-7-5-4-6-8-12/h4-8,11H,9-10H2,1-3H3,(H,16,19). The summed E-state index contributed by atoms with van der Waals surface area (Å²) in [5.74, 6) is -0.104. The van der Waals surface area contributed by atoms with Gasteiger partial charge in [0, 0.05) is 6.54 Å². The highest BCUT2D eigenvalue weighted by atomic mass is 16.2. The van der Waals surface area contributed by atoms with Crippen LogP contribution in [0.5, 0.6) is 0 Å². The summed E-state index contributed by atoms with van der Waals surface area (Å²) >= 11 is 0. The first kappa shape index (κ1) is 13.6. The Morgan fingerprint density at radius 1 is 1.21 bits per heavy atom. The molecule has 0 aliphatic carbocycles. The number of amides is 2. The number of hydrogen-bond acceptors (Lipinski definition) is 2. The van der Waals surface area contributed by atoms with Crippen LogP contribution in [0.15, 0.2) is 30.3 Å². The molecule has 0 saturated carbocycles. The summed E-state index contributed by atoms with van der Waals surface area (Å²) in [6.45, 7) is 5.87. The first-order chi connectivity index (χ1) is 8.93. The highest BCUT2D eigenvalue weighted by Crippen LogP contribution is 2.21. The molecule has 1 unspecified atom stereocenters. The third-order valence-corrected chi connectivity index (χ3v) is 3.68. The number of carbonyl (C=O) groups excluding carboxylic acids is 2. The minimum atomic E-state index is -0.779. The van der Waals surface area contributed by atoms with Crippen molar-refractivity contribution in [2.45, 2.75) is 38.8 Å². The van der Waals surface area contributed by atoms with Gasteiger partial charge in [0.15, 0.2) is 0 Å². The number of piperazine rings is 1. The average molecular weight is 260 g/mol. The molecule has 1 atom stereocenters. The summed E-state index contributed by atoms with van der Waals surface area (Å²) in [5, 5.41) is 2.72. The van der Waals surface area contributed by atoms with Crippen LogP contribution in [0.25, 0.3) is 0 Å². The molecule has 4 heteroatoms. The monoisotopic (exact) mass is 260 g/mol. The molecular weight excluding hydrogens is 240 g/mol. The molecule has 1 aliphatic heterocycles. The van der Waals surface area contributed by atoms with Gasteiger partial charge in [0.1, 0.15) is 11.6 Å². The largest absolute Gasteiger partial charge is 0.343 e. The van der Waals surface area contributed by atoms with E-state index in [9.17, 15) is 9.59 Å². The van der Waals surface area contributed by atoms with Gasteiger partial charge in [-0.25, -0.2) is 0 Å². The van der Waals surface area contributed by atoms with E-state index < -0.39 is 11.6 Å². The molecule has 2 amide bonds. The van der Waals surface area contributed by atoms with E-state index in [2.05, 4.69) is 5.32 Å². The minimum absolute atomic E-state index is 0.0134. The van der Waals surface area contributed by atoms with Gasteiger partial charge in [-0.2, -0.15) is 0 Å². The Kier molecular flexibility index (Phi) is 3.60. The number of benzene rings is 1. The van der Waals surface area contributed by atoms with Crippen molar-refractivity contribution in [2.24, 2.45) is 0 Å². The first-order valence-corrected chi connectivity index (χ1v) is 6.59. The first-order valence-electron chi connectivity index (χ1n) is 6.59. The summed E-state index contributed by atoms with van der Waals surface area (Å²) < 4.78 is 0. The molecule has 0 bridgehead atoms. The quantitative estimate of drug-likeness (QED) is 0.892. The molecule has 1 aliphatic rings. The summed E-state index contributed by atoms with van der Waals surface area (Å²) in [6.07, 6.45) is 0.760. The fourth-order valence-electron chi connectivity index (χ4n) is 2.34. The topological polar surface area (TPSA) is 49.4 Å². The predicted molar refractivity (Wildman–Crippen MR) is 73.5 cm³/mol. The molecule has 0 aromatic heterocycles. The van der Waals surface area contributed by atoms with Gasteiger partial charge >= 0.3 is 0 Å². The molecule has 19 heavy (non-hydrogen) atoms. The van der Waals surface area contributed by atoms with Crippen LogP contribution in [0.3, 0.4) is 0 Å². The number of nitrogens with one attached hydrogen (secondary N) is 1. The van der Waals surface area contributed by atoms with E-state index in [0.29, 0.717) is 6.54 Å². The molecule has 1 N–H and O–H groups in total. The zero-order valence-electron chi connectivity index (χ0n) is 11.6. The van der Waals surface area contributed by atoms with Crippen LogP contribution in [0.4, 0.5) is 0 Å². The molecule has 0 spiro atoms. The highest BCUT2D eigenvalue weighted by molar-refractivity contribution is 5.99. The fraction of sp³-hybridized carbons (Fsp3) is 0.467. The Morgan fingerprint density at radius 2 is 1.84 bits per heavy atom. The van der Waals surface area contributed by atoms with E-state index in [1.54, 1.807) is 25.7 Å². The van der Waals surface area contributed by atoms with Crippen molar-refractivity contribution in [1.29, 1.82) is 0 Å². The van der Waals surface area contributed by atoms with Crippen LogP contribution in [0.2, 0.25) is 0 Å². The number of hydrogen-bond donors (Lipinski definition) is 1. The molecule has 0 radical (unpaired) electrons. The maximum absolute atomic E-state index is 12.2. The lowest BCUT2D eigenvalue weighted by atomic mass is 9.95. The summed E-state index contributed by atoms with van der Waals surface area (Å²) in [4.78, 5) is 25.9.